The van der Waals surface area contributed by atoms with E-state index in [4.69, 9.17) is 14.2 Å². The number of benzene rings is 4. The van der Waals surface area contributed by atoms with E-state index in [9.17, 15) is 33.9 Å². The number of esters is 1. The number of methoxy groups -OCH3 is 2. The van der Waals surface area contributed by atoms with E-state index < -0.39 is 126 Å². The number of amides is 10. The summed E-state index contributed by atoms with van der Waals surface area (Å²) >= 11 is 0. The summed E-state index contributed by atoms with van der Waals surface area (Å²) in [7, 11) is 2.77. The molecule has 2 saturated heterocycles. The molecule has 10 rings (SSSR count). The lowest BCUT2D eigenvalue weighted by molar-refractivity contribution is -0.148. The van der Waals surface area contributed by atoms with Gasteiger partial charge in [0.2, 0.25) is 59.1 Å². The monoisotopic (exact) mass is 1440 g/mol. The van der Waals surface area contributed by atoms with Gasteiger partial charge in [0.05, 0.1) is 32.8 Å². The number of carbonyl (C=O) groups is 11. The molecule has 0 unspecified atom stereocenters. The molecule has 10 bridgehead atoms. The largest absolute Gasteiger partial charge is 0.497 e. The number of hydrogen-bond acceptors (Lipinski definition) is 15. The predicted molar refractivity (Wildman–Crippen MR) is 383 cm³/mol. The van der Waals surface area contributed by atoms with Crippen LogP contribution in [0.4, 0.5) is 4.39 Å². The average molecular weight is 1440 g/mol. The minimum Gasteiger partial charge on any atom is -0.497 e. The zero-order valence-corrected chi connectivity index (χ0v) is 60.5. The van der Waals surface area contributed by atoms with Gasteiger partial charge in [0, 0.05) is 94.5 Å². The zero-order chi connectivity index (χ0) is 74.8. The van der Waals surface area contributed by atoms with E-state index in [2.05, 4.69) is 37.2 Å². The maximum absolute atomic E-state index is 16.1. The quantitative estimate of drug-likeness (QED) is 0.0763. The highest BCUT2D eigenvalue weighted by molar-refractivity contribution is 6.00. The Bertz CT molecular complexity index is 3900. The molecule has 2 fully saturated rings. The van der Waals surface area contributed by atoms with Gasteiger partial charge in [-0.15, -0.1) is 0 Å². The van der Waals surface area contributed by atoms with Crippen LogP contribution >= 0.6 is 0 Å². The van der Waals surface area contributed by atoms with E-state index in [1.54, 1.807) is 86.5 Å². The van der Waals surface area contributed by atoms with E-state index in [1.165, 1.54) is 38.2 Å². The Labute approximate surface area is 605 Å². The van der Waals surface area contributed by atoms with Crippen molar-refractivity contribution in [2.24, 2.45) is 5.92 Å². The first-order valence-electron chi connectivity index (χ1n) is 36.3. The van der Waals surface area contributed by atoms with Gasteiger partial charge in [0.25, 0.3) is 0 Å². The van der Waals surface area contributed by atoms with Crippen molar-refractivity contribution >= 4 is 75.9 Å². The highest BCUT2D eigenvalue weighted by Gasteiger charge is 2.50. The number of ether oxygens (including phenoxy) is 3. The SMILES string of the molecule is CC[C@H](C)C(=O)N[C@H](CC)C(=O)N[C@H]1Cc2cccc(c2)CNC(=O)CO[C@H]2CCN3C(=O)[C@H](Cc4cn(c5ccc(F)cc45)CCCCCCN(C(=O)CCC(=O)OC)Cc4ccc(cc4)CCNC(=O)[C@]4(C)CCCN4C(=O)[C@H](Cc4ccc(OC)cc4)NC(=O)[C@H]([C@@H](C)O)NC(=O)[C@H]23)NC1=O. The van der Waals surface area contributed by atoms with Gasteiger partial charge in [-0.25, -0.2) is 4.39 Å². The van der Waals surface area contributed by atoms with Gasteiger partial charge in [-0.1, -0.05) is 94.3 Å². The second kappa shape index (κ2) is 36.6. The number of nitrogens with one attached hydrogen (secondary N) is 7. The lowest BCUT2D eigenvalue weighted by atomic mass is 9.95. The van der Waals surface area contributed by atoms with Crippen molar-refractivity contribution in [3.63, 3.8) is 0 Å². The van der Waals surface area contributed by atoms with Crippen LogP contribution in [0.5, 0.6) is 5.75 Å². The van der Waals surface area contributed by atoms with Crippen LogP contribution in [0, 0.1) is 11.7 Å². The number of fused-ring (bicyclic) bond motifs is 21. The van der Waals surface area contributed by atoms with Gasteiger partial charge >= 0.3 is 5.97 Å². The van der Waals surface area contributed by atoms with E-state index in [0.29, 0.717) is 96.9 Å². The Hall–Kier alpha value is -9.76. The second-order valence-electron chi connectivity index (χ2n) is 27.9. The van der Waals surface area contributed by atoms with Crippen LogP contribution in [0.3, 0.4) is 0 Å². The van der Waals surface area contributed by atoms with Crippen molar-refractivity contribution < 1.29 is 76.4 Å². The third kappa shape index (κ3) is 20.1. The number of aliphatic hydroxyl groups is 1. The number of rotatable bonds is 13. The molecule has 0 radical (unpaired) electrons. The Kier molecular flexibility index (Phi) is 27.6. The highest BCUT2D eigenvalue weighted by Crippen LogP contribution is 2.32. The lowest BCUT2D eigenvalue weighted by Crippen LogP contribution is -2.64. The normalized spacial score (nSPS) is 23.4. The molecule has 10 atom stereocenters. The van der Waals surface area contributed by atoms with Crippen molar-refractivity contribution in [3.8, 4) is 5.75 Å². The molecule has 5 aliphatic heterocycles. The maximum atomic E-state index is 16.1. The molecule has 27 heteroatoms. The minimum atomic E-state index is -1.82. The first-order valence-corrected chi connectivity index (χ1v) is 36.3. The molecule has 560 valence electrons. The molecule has 5 aliphatic rings. The summed E-state index contributed by atoms with van der Waals surface area (Å²) in [5.74, 6) is -7.69. The van der Waals surface area contributed by atoms with Crippen LogP contribution in [0.15, 0.2) is 97.2 Å². The molecule has 5 aromatic rings. The van der Waals surface area contributed by atoms with Gasteiger partial charge in [0.1, 0.15) is 60.0 Å². The lowest BCUT2D eigenvalue weighted by Gasteiger charge is -2.37. The Balaban J connectivity index is 1.11. The summed E-state index contributed by atoms with van der Waals surface area (Å²) in [6, 6.07) is 16.6. The number of nitrogens with zero attached hydrogens (tertiary/aromatic N) is 4. The second-order valence-corrected chi connectivity index (χ2v) is 27.9. The van der Waals surface area contributed by atoms with Crippen LogP contribution in [0.1, 0.15) is 139 Å². The summed E-state index contributed by atoms with van der Waals surface area (Å²) in [4.78, 5) is 164. The van der Waals surface area contributed by atoms with Crippen molar-refractivity contribution in [1.82, 2.24) is 56.5 Å². The van der Waals surface area contributed by atoms with E-state index in [-0.39, 0.29) is 95.9 Å². The van der Waals surface area contributed by atoms with Crippen molar-refractivity contribution in [1.29, 1.82) is 0 Å². The number of aryl methyl sites for hydroxylation is 1. The molecule has 6 heterocycles. The minimum absolute atomic E-state index is 0.0112. The van der Waals surface area contributed by atoms with Crippen LogP contribution < -0.4 is 42.0 Å². The molecule has 4 aromatic carbocycles. The molecule has 104 heavy (non-hydrogen) atoms. The Morgan fingerprint density at radius 3 is 2.18 bits per heavy atom. The number of hydrogen-bond donors (Lipinski definition) is 8. The number of aliphatic hydroxyl groups excluding tert-OH is 1. The smallest absolute Gasteiger partial charge is 0.306 e. The van der Waals surface area contributed by atoms with E-state index in [0.717, 1.165) is 16.0 Å². The average Bonchev–Trinajstić information content (AvgIpc) is 1.62. The molecule has 10 amide bonds. The van der Waals surface area contributed by atoms with E-state index in [1.807, 2.05) is 35.8 Å². The van der Waals surface area contributed by atoms with Gasteiger partial charge in [-0.3, -0.25) is 52.7 Å². The van der Waals surface area contributed by atoms with Gasteiger partial charge in [-0.05, 0) is 129 Å². The van der Waals surface area contributed by atoms with Crippen LogP contribution in [-0.4, -0.2) is 190 Å². The van der Waals surface area contributed by atoms with E-state index >= 15 is 28.4 Å². The molecule has 0 aliphatic carbocycles. The van der Waals surface area contributed by atoms with Gasteiger partial charge in [-0.2, -0.15) is 0 Å². The molecule has 8 N–H and O–H groups in total. The summed E-state index contributed by atoms with van der Waals surface area (Å²) in [6.45, 7) is 8.75. The molecular formula is C77H100FN11O15. The van der Waals surface area contributed by atoms with Crippen molar-refractivity contribution in [2.75, 3.05) is 47.0 Å². The maximum Gasteiger partial charge on any atom is 0.306 e. The fourth-order valence-electron chi connectivity index (χ4n) is 14.0. The highest BCUT2D eigenvalue weighted by atomic mass is 19.1. The molecule has 26 nitrogen and oxygen atoms in total. The first kappa shape index (κ1) is 78.4. The van der Waals surface area contributed by atoms with Crippen LogP contribution in [0.2, 0.25) is 0 Å². The van der Waals surface area contributed by atoms with Gasteiger partial charge in [0.15, 0.2) is 0 Å². The number of halogens is 1. The van der Waals surface area contributed by atoms with Crippen LogP contribution in [-0.2, 0) is 108 Å². The molecular weight excluding hydrogens is 1340 g/mol. The number of carbonyl (C=O) groups excluding carboxylic acids is 11. The third-order valence-electron chi connectivity index (χ3n) is 20.4. The standard InChI is InChI=1S/C77H100FN11O15/c1-8-47(3)69(94)81-58(9-2)70(95)82-59-40-52-16-14-17-53(38-52)43-80-64(91)46-104-63-31-37-88-68(63)73(98)85-67(48(4)90)72(97)84-60(39-50-22-25-56(102-6)26-23-50)75(100)89-36-15-32-77(89,5)76(101)79-33-30-49-18-20-51(21-19-49)44-87(65(92)28-29-66(93)103-7)35-13-11-10-12-34-86-45-54(41-61(74(88)99)83-71(59)96)57-42-55(78)24-27-62(57)86/h14,16-27,38,42,45,47-48,58-61,63,67-68,90H,8-13,15,28-37,39-41,43-44,46H2,1-7H3,(H,79,101)(H,80,91)(H,81,94)(H,82,95)(H,83,96)(H,84,97)(H,85,98)/t47-,48+,58+,59-,60-,61-,63-,67-,68-,77-/m0/s1. The summed E-state index contributed by atoms with van der Waals surface area (Å²) in [5, 5.41) is 31.9. The topological polar surface area (TPSA) is 335 Å². The van der Waals surface area contributed by atoms with Crippen molar-refractivity contribution in [2.45, 2.75) is 205 Å². The fraction of sp³-hybridized carbons (Fsp3) is 0.519. The van der Waals surface area contributed by atoms with Crippen molar-refractivity contribution in [3.05, 3.63) is 136 Å². The molecule has 1 aromatic heterocycles. The Morgan fingerprint density at radius 1 is 0.740 bits per heavy atom. The fourth-order valence-corrected chi connectivity index (χ4v) is 14.0. The first-order chi connectivity index (χ1) is 49.9. The summed E-state index contributed by atoms with van der Waals surface area (Å²) in [5.41, 5.74) is 3.09. The Morgan fingerprint density at radius 2 is 1.47 bits per heavy atom. The third-order valence-corrected chi connectivity index (χ3v) is 20.4. The molecule has 0 saturated carbocycles. The summed E-state index contributed by atoms with van der Waals surface area (Å²) < 4.78 is 34.2. The summed E-state index contributed by atoms with van der Waals surface area (Å²) in [6.07, 6.45) is 2.43. The number of aromatic nitrogens is 1. The van der Waals surface area contributed by atoms with Gasteiger partial charge < -0.3 is 75.8 Å². The predicted octanol–water partition coefficient (Wildman–Crippen LogP) is 4.29. The van der Waals surface area contributed by atoms with Crippen LogP contribution in [0.25, 0.3) is 10.9 Å². The molecule has 0 spiro atoms. The zero-order valence-electron chi connectivity index (χ0n) is 60.5.